The van der Waals surface area contributed by atoms with Gasteiger partial charge in [0.1, 0.15) is 11.5 Å². The van der Waals surface area contributed by atoms with Crippen molar-refractivity contribution in [1.29, 1.82) is 0 Å². The number of benzene rings is 1. The third kappa shape index (κ3) is 6.73. The van der Waals surface area contributed by atoms with Gasteiger partial charge in [0.2, 0.25) is 0 Å². The number of alkyl halides is 2. The Morgan fingerprint density at radius 2 is 2.05 bits per heavy atom. The molecule has 5 nitrogen and oxygen atoms in total. The van der Waals surface area contributed by atoms with Gasteiger partial charge in [-0.05, 0) is 18.6 Å². The van der Waals surface area contributed by atoms with Crippen molar-refractivity contribution in [2.24, 2.45) is 16.5 Å². The maximum Gasteiger partial charge on any atom is 0.387 e. The predicted octanol–water partition coefficient (Wildman–Crippen LogP) is 2.47. The summed E-state index contributed by atoms with van der Waals surface area (Å²) in [6.45, 7) is -0.400. The number of guanidine groups is 1. The van der Waals surface area contributed by atoms with E-state index in [4.69, 9.17) is 16.2 Å². The first-order valence-electron chi connectivity index (χ1n) is 5.78. The summed E-state index contributed by atoms with van der Waals surface area (Å²) >= 11 is 0. The van der Waals surface area contributed by atoms with Gasteiger partial charge in [-0.1, -0.05) is 6.92 Å². The number of nitrogens with zero attached hydrogens (tertiary/aromatic N) is 1. The predicted molar refractivity (Wildman–Crippen MR) is 83.8 cm³/mol. The first kappa shape index (κ1) is 18.7. The Morgan fingerprint density at radius 3 is 2.60 bits per heavy atom. The summed E-state index contributed by atoms with van der Waals surface area (Å²) in [5.74, 6) is 0.355. The third-order valence-corrected chi connectivity index (χ3v) is 2.16. The lowest BCUT2D eigenvalue weighted by atomic mass is 10.2. The van der Waals surface area contributed by atoms with Gasteiger partial charge in [0.05, 0.1) is 13.2 Å². The number of hydrogen-bond acceptors (Lipinski definition) is 3. The van der Waals surface area contributed by atoms with Gasteiger partial charge in [-0.15, -0.1) is 24.0 Å². The number of hydrogen-bond donors (Lipinski definition) is 2. The van der Waals surface area contributed by atoms with Gasteiger partial charge in [0.15, 0.2) is 5.96 Å². The smallest absolute Gasteiger partial charge is 0.387 e. The zero-order valence-electron chi connectivity index (χ0n) is 11.0. The largest absolute Gasteiger partial charge is 0.493 e. The molecule has 0 atom stereocenters. The minimum Gasteiger partial charge on any atom is -0.493 e. The second kappa shape index (κ2) is 9.56. The average Bonchev–Trinajstić information content (AvgIpc) is 2.34. The zero-order chi connectivity index (χ0) is 14.3. The standard InChI is InChI=1S/C12H17F2N3O2.HI/c1-2-5-18-9-4-3-8(7-17-12(15)16)10(6-9)19-11(13)14;/h3-4,6,11H,2,5,7H2,1H3,(H4,15,16,17);1H. The monoisotopic (exact) mass is 401 g/mol. The zero-order valence-corrected chi connectivity index (χ0v) is 13.3. The van der Waals surface area contributed by atoms with Crippen LogP contribution in [0, 0.1) is 0 Å². The van der Waals surface area contributed by atoms with E-state index in [0.29, 0.717) is 17.9 Å². The van der Waals surface area contributed by atoms with E-state index < -0.39 is 6.61 Å². The van der Waals surface area contributed by atoms with E-state index in [-0.39, 0.29) is 42.2 Å². The number of nitrogens with two attached hydrogens (primary N) is 2. The molecule has 0 aliphatic rings. The number of halogens is 3. The lowest BCUT2D eigenvalue weighted by Gasteiger charge is -2.12. The molecule has 0 aliphatic carbocycles. The number of aliphatic imine (C=N–C) groups is 1. The number of ether oxygens (including phenoxy) is 2. The van der Waals surface area contributed by atoms with E-state index in [0.717, 1.165) is 6.42 Å². The van der Waals surface area contributed by atoms with E-state index in [2.05, 4.69) is 9.73 Å². The van der Waals surface area contributed by atoms with Crippen molar-refractivity contribution in [2.45, 2.75) is 26.5 Å². The van der Waals surface area contributed by atoms with E-state index in [1.165, 1.54) is 6.07 Å². The first-order valence-corrected chi connectivity index (χ1v) is 5.78. The maximum atomic E-state index is 12.3. The van der Waals surface area contributed by atoms with Gasteiger partial charge in [0.25, 0.3) is 0 Å². The third-order valence-electron chi connectivity index (χ3n) is 2.16. The van der Waals surface area contributed by atoms with Crippen LogP contribution in [0.15, 0.2) is 23.2 Å². The van der Waals surface area contributed by atoms with Gasteiger partial charge >= 0.3 is 6.61 Å². The maximum absolute atomic E-state index is 12.3. The average molecular weight is 401 g/mol. The van der Waals surface area contributed by atoms with Gasteiger partial charge in [-0.2, -0.15) is 8.78 Å². The van der Waals surface area contributed by atoms with Crippen molar-refractivity contribution in [1.82, 2.24) is 0 Å². The fourth-order valence-electron chi connectivity index (χ4n) is 1.36. The summed E-state index contributed by atoms with van der Waals surface area (Å²) in [5.41, 5.74) is 10.9. The second-order valence-electron chi connectivity index (χ2n) is 3.74. The molecule has 0 spiro atoms. The molecule has 1 rings (SSSR count). The van der Waals surface area contributed by atoms with Crippen molar-refractivity contribution < 1.29 is 18.3 Å². The lowest BCUT2D eigenvalue weighted by Crippen LogP contribution is -2.22. The molecule has 0 bridgehead atoms. The van der Waals surface area contributed by atoms with E-state index in [9.17, 15) is 8.78 Å². The van der Waals surface area contributed by atoms with E-state index >= 15 is 0 Å². The van der Waals surface area contributed by atoms with Crippen LogP contribution in [0.1, 0.15) is 18.9 Å². The van der Waals surface area contributed by atoms with E-state index in [1.807, 2.05) is 6.92 Å². The molecular weight excluding hydrogens is 383 g/mol. The fourth-order valence-corrected chi connectivity index (χ4v) is 1.36. The molecule has 0 aromatic heterocycles. The van der Waals surface area contributed by atoms with Crippen molar-refractivity contribution in [3.05, 3.63) is 23.8 Å². The summed E-state index contributed by atoms with van der Waals surface area (Å²) in [5, 5.41) is 0. The molecule has 0 fully saturated rings. The molecular formula is C12H18F2IN3O2. The van der Waals surface area contributed by atoms with Crippen LogP contribution in [0.5, 0.6) is 11.5 Å². The van der Waals surface area contributed by atoms with Gasteiger partial charge in [0, 0.05) is 11.6 Å². The molecule has 0 radical (unpaired) electrons. The summed E-state index contributed by atoms with van der Waals surface area (Å²) in [7, 11) is 0. The van der Waals surface area contributed by atoms with Crippen LogP contribution in [0.4, 0.5) is 8.78 Å². The summed E-state index contributed by atoms with van der Waals surface area (Å²) < 4.78 is 34.5. The van der Waals surface area contributed by atoms with Crippen LogP contribution in [-0.2, 0) is 6.54 Å². The highest BCUT2D eigenvalue weighted by Crippen LogP contribution is 2.27. The van der Waals surface area contributed by atoms with Crippen LogP contribution in [0.3, 0.4) is 0 Å². The summed E-state index contributed by atoms with van der Waals surface area (Å²) in [6, 6.07) is 4.65. The van der Waals surface area contributed by atoms with Gasteiger partial charge < -0.3 is 20.9 Å². The molecule has 0 saturated carbocycles. The topological polar surface area (TPSA) is 82.9 Å². The highest BCUT2D eigenvalue weighted by atomic mass is 127. The van der Waals surface area contributed by atoms with Gasteiger partial charge in [-0.3, -0.25) is 0 Å². The Kier molecular flexibility index (Phi) is 8.93. The first-order chi connectivity index (χ1) is 9.02. The molecule has 8 heteroatoms. The molecule has 0 aliphatic heterocycles. The van der Waals surface area contributed by atoms with Crippen molar-refractivity contribution >= 4 is 29.9 Å². The van der Waals surface area contributed by atoms with Crippen LogP contribution >= 0.6 is 24.0 Å². The molecule has 1 aromatic rings. The van der Waals surface area contributed by atoms with E-state index in [1.54, 1.807) is 12.1 Å². The lowest BCUT2D eigenvalue weighted by molar-refractivity contribution is -0.0505. The van der Waals surface area contributed by atoms with Crippen molar-refractivity contribution in [3.63, 3.8) is 0 Å². The Morgan fingerprint density at radius 1 is 1.35 bits per heavy atom. The molecule has 114 valence electrons. The minimum atomic E-state index is -2.92. The Labute approximate surface area is 133 Å². The molecule has 0 amide bonds. The molecule has 4 N–H and O–H groups in total. The Hall–Kier alpha value is -1.32. The molecule has 0 saturated heterocycles. The molecule has 20 heavy (non-hydrogen) atoms. The van der Waals surface area contributed by atoms with Crippen LogP contribution in [-0.4, -0.2) is 19.2 Å². The number of rotatable bonds is 7. The van der Waals surface area contributed by atoms with Crippen molar-refractivity contribution in [3.8, 4) is 11.5 Å². The highest BCUT2D eigenvalue weighted by Gasteiger charge is 2.11. The molecule has 0 unspecified atom stereocenters. The van der Waals surface area contributed by atoms with Gasteiger partial charge in [-0.25, -0.2) is 4.99 Å². The normalized spacial score (nSPS) is 9.80. The van der Waals surface area contributed by atoms with Crippen LogP contribution in [0.25, 0.3) is 0 Å². The molecule has 1 aromatic carbocycles. The molecule has 0 heterocycles. The minimum absolute atomic E-state index is 0. The SMILES string of the molecule is CCCOc1ccc(CN=C(N)N)c(OC(F)F)c1.I. The Bertz CT molecular complexity index is 441. The summed E-state index contributed by atoms with van der Waals surface area (Å²) in [6.07, 6.45) is 0.820. The fraction of sp³-hybridized carbons (Fsp3) is 0.417. The van der Waals surface area contributed by atoms with Crippen LogP contribution in [0.2, 0.25) is 0 Å². The second-order valence-corrected chi connectivity index (χ2v) is 3.74. The summed E-state index contributed by atoms with van der Waals surface area (Å²) in [4.78, 5) is 3.76. The van der Waals surface area contributed by atoms with Crippen LogP contribution < -0.4 is 20.9 Å². The Balaban J connectivity index is 0.00000361. The quantitative estimate of drug-likeness (QED) is 0.418. The highest BCUT2D eigenvalue weighted by molar-refractivity contribution is 14.0. The van der Waals surface area contributed by atoms with Crippen molar-refractivity contribution in [2.75, 3.05) is 6.61 Å².